The van der Waals surface area contributed by atoms with E-state index < -0.39 is 11.7 Å². The van der Waals surface area contributed by atoms with Gasteiger partial charge in [-0.25, -0.2) is 9.78 Å². The third-order valence-electron chi connectivity index (χ3n) is 5.47. The largest absolute Gasteiger partial charge is 0.444 e. The van der Waals surface area contributed by atoms with E-state index in [2.05, 4.69) is 25.4 Å². The summed E-state index contributed by atoms with van der Waals surface area (Å²) in [5.74, 6) is 1.34. The van der Waals surface area contributed by atoms with Gasteiger partial charge in [-0.1, -0.05) is 29.3 Å². The Balaban J connectivity index is 1.54. The molecule has 32 heavy (non-hydrogen) atoms. The molecule has 1 fully saturated rings. The standard InChI is InChI=1S/C22H26Cl2N6O2/c1-21(2,3)32-20(31)26-22(4)8-11-29(12-9-22)18-19-28-27-17(30(19)13-10-25-18)14-6-5-7-15(23)16(14)24/h5-7,10,13H,8-9,11-12H2,1-4H3,(H,26,31). The summed E-state index contributed by atoms with van der Waals surface area (Å²) in [7, 11) is 0. The van der Waals surface area contributed by atoms with Crippen molar-refractivity contribution in [2.24, 2.45) is 0 Å². The minimum Gasteiger partial charge on any atom is -0.444 e. The average molecular weight is 477 g/mol. The fraction of sp³-hybridized carbons (Fsp3) is 0.455. The molecule has 1 aromatic carbocycles. The van der Waals surface area contributed by atoms with Crippen molar-refractivity contribution in [3.63, 3.8) is 0 Å². The second-order valence-electron chi connectivity index (χ2n) is 9.24. The van der Waals surface area contributed by atoms with Crippen molar-refractivity contribution in [3.05, 3.63) is 40.6 Å². The van der Waals surface area contributed by atoms with Gasteiger partial charge in [0.2, 0.25) is 5.65 Å². The highest BCUT2D eigenvalue weighted by Crippen LogP contribution is 2.34. The van der Waals surface area contributed by atoms with Gasteiger partial charge in [-0.3, -0.25) is 4.40 Å². The number of amides is 1. The molecule has 1 saturated heterocycles. The number of aromatic nitrogens is 4. The lowest BCUT2D eigenvalue weighted by atomic mass is 9.90. The summed E-state index contributed by atoms with van der Waals surface area (Å²) >= 11 is 12.6. The smallest absolute Gasteiger partial charge is 0.408 e. The lowest BCUT2D eigenvalue weighted by Crippen LogP contribution is -2.54. The Bertz CT molecular complexity index is 1150. The van der Waals surface area contributed by atoms with Crippen molar-refractivity contribution in [2.45, 2.75) is 51.7 Å². The van der Waals surface area contributed by atoms with Crippen molar-refractivity contribution in [1.29, 1.82) is 0 Å². The van der Waals surface area contributed by atoms with Gasteiger partial charge in [-0.15, -0.1) is 10.2 Å². The monoisotopic (exact) mass is 476 g/mol. The number of rotatable bonds is 3. The van der Waals surface area contributed by atoms with Gasteiger partial charge in [0.25, 0.3) is 0 Å². The molecule has 170 valence electrons. The molecule has 0 aliphatic carbocycles. The highest BCUT2D eigenvalue weighted by molar-refractivity contribution is 6.43. The number of benzene rings is 1. The molecular weight excluding hydrogens is 451 g/mol. The summed E-state index contributed by atoms with van der Waals surface area (Å²) in [5.41, 5.74) is 0.466. The zero-order valence-electron chi connectivity index (χ0n) is 18.5. The van der Waals surface area contributed by atoms with Crippen molar-refractivity contribution < 1.29 is 9.53 Å². The van der Waals surface area contributed by atoms with Gasteiger partial charge in [-0.05, 0) is 52.7 Å². The van der Waals surface area contributed by atoms with Gasteiger partial charge in [0.05, 0.1) is 10.0 Å². The van der Waals surface area contributed by atoms with Crippen LogP contribution in [0.4, 0.5) is 10.6 Å². The lowest BCUT2D eigenvalue weighted by Gasteiger charge is -2.40. The van der Waals surface area contributed by atoms with Crippen molar-refractivity contribution >= 4 is 40.8 Å². The van der Waals surface area contributed by atoms with Gasteiger partial charge in [0.15, 0.2) is 11.6 Å². The number of alkyl carbamates (subject to hydrolysis) is 1. The first-order valence-corrected chi connectivity index (χ1v) is 11.2. The number of hydrogen-bond donors (Lipinski definition) is 1. The summed E-state index contributed by atoms with van der Waals surface area (Å²) in [6, 6.07) is 5.43. The molecule has 2 aromatic heterocycles. The van der Waals surface area contributed by atoms with Crippen LogP contribution in [0.1, 0.15) is 40.5 Å². The molecule has 0 spiro atoms. The zero-order chi connectivity index (χ0) is 23.1. The highest BCUT2D eigenvalue weighted by Gasteiger charge is 2.34. The van der Waals surface area contributed by atoms with Crippen LogP contribution in [0, 0.1) is 0 Å². The number of carbonyl (C=O) groups excluding carboxylic acids is 1. The van der Waals surface area contributed by atoms with Gasteiger partial charge in [-0.2, -0.15) is 0 Å². The molecule has 1 N–H and O–H groups in total. The Hall–Kier alpha value is -2.58. The van der Waals surface area contributed by atoms with Crippen molar-refractivity contribution in [2.75, 3.05) is 18.0 Å². The average Bonchev–Trinajstić information content (AvgIpc) is 3.13. The summed E-state index contributed by atoms with van der Waals surface area (Å²) in [6.07, 6.45) is 4.63. The maximum Gasteiger partial charge on any atom is 0.408 e. The number of nitrogens with one attached hydrogen (secondary N) is 1. The van der Waals surface area contributed by atoms with Crippen LogP contribution >= 0.6 is 23.2 Å². The fourth-order valence-electron chi connectivity index (χ4n) is 3.78. The molecule has 0 atom stereocenters. The number of halogens is 2. The topological polar surface area (TPSA) is 84.7 Å². The Morgan fingerprint density at radius 1 is 1.19 bits per heavy atom. The Kier molecular flexibility index (Phi) is 5.94. The minimum atomic E-state index is -0.530. The van der Waals surface area contributed by atoms with E-state index in [1.54, 1.807) is 12.3 Å². The van der Waals surface area contributed by atoms with Gasteiger partial charge < -0.3 is 15.0 Å². The van der Waals surface area contributed by atoms with E-state index in [0.29, 0.717) is 40.2 Å². The normalized spacial score (nSPS) is 16.2. The van der Waals surface area contributed by atoms with Gasteiger partial charge >= 0.3 is 6.09 Å². The van der Waals surface area contributed by atoms with Crippen LogP contribution in [0.15, 0.2) is 30.6 Å². The van der Waals surface area contributed by atoms with E-state index in [9.17, 15) is 4.79 Å². The van der Waals surface area contributed by atoms with E-state index in [4.69, 9.17) is 27.9 Å². The molecule has 0 bridgehead atoms. The predicted octanol–water partition coefficient (Wildman–Crippen LogP) is 4.98. The zero-order valence-corrected chi connectivity index (χ0v) is 20.0. The van der Waals surface area contributed by atoms with E-state index >= 15 is 0 Å². The second kappa shape index (κ2) is 8.41. The number of ether oxygens (including phenoxy) is 1. The molecule has 0 radical (unpaired) electrons. The molecule has 3 heterocycles. The van der Waals surface area contributed by atoms with Crippen LogP contribution in [0.25, 0.3) is 17.0 Å². The number of anilines is 1. The van der Waals surface area contributed by atoms with Crippen LogP contribution in [-0.4, -0.2) is 49.9 Å². The minimum absolute atomic E-state index is 0.350. The van der Waals surface area contributed by atoms with E-state index in [1.807, 2.05) is 50.4 Å². The Morgan fingerprint density at radius 2 is 1.91 bits per heavy atom. The van der Waals surface area contributed by atoms with Gasteiger partial charge in [0, 0.05) is 36.6 Å². The molecule has 4 rings (SSSR count). The maximum atomic E-state index is 12.2. The molecule has 3 aromatic rings. The molecule has 8 nitrogen and oxygen atoms in total. The first-order valence-electron chi connectivity index (χ1n) is 10.5. The number of carbonyl (C=O) groups is 1. The summed E-state index contributed by atoms with van der Waals surface area (Å²) in [5, 5.41) is 12.7. The molecular formula is C22H26Cl2N6O2. The van der Waals surface area contributed by atoms with Crippen LogP contribution in [-0.2, 0) is 4.74 Å². The Labute approximate surface area is 196 Å². The molecule has 1 amide bonds. The van der Waals surface area contributed by atoms with Crippen LogP contribution in [0.3, 0.4) is 0 Å². The summed E-state index contributed by atoms with van der Waals surface area (Å²) < 4.78 is 7.29. The van der Waals surface area contributed by atoms with E-state index in [0.717, 1.165) is 18.7 Å². The number of hydrogen-bond acceptors (Lipinski definition) is 6. The predicted molar refractivity (Wildman–Crippen MR) is 125 cm³/mol. The maximum absolute atomic E-state index is 12.2. The quantitative estimate of drug-likeness (QED) is 0.573. The third kappa shape index (κ3) is 4.61. The molecule has 1 aliphatic heterocycles. The van der Waals surface area contributed by atoms with Crippen molar-refractivity contribution in [1.82, 2.24) is 24.9 Å². The van der Waals surface area contributed by atoms with E-state index in [-0.39, 0.29) is 5.54 Å². The second-order valence-corrected chi connectivity index (χ2v) is 10.0. The van der Waals surface area contributed by atoms with Gasteiger partial charge in [0.1, 0.15) is 5.60 Å². The molecule has 0 unspecified atom stereocenters. The third-order valence-corrected chi connectivity index (χ3v) is 6.29. The number of nitrogens with zero attached hydrogens (tertiary/aromatic N) is 5. The first-order chi connectivity index (χ1) is 15.1. The van der Waals surface area contributed by atoms with E-state index in [1.165, 1.54) is 0 Å². The first kappa shape index (κ1) is 22.6. The Morgan fingerprint density at radius 3 is 2.59 bits per heavy atom. The highest BCUT2D eigenvalue weighted by atomic mass is 35.5. The number of piperidine rings is 1. The molecule has 10 heteroatoms. The summed E-state index contributed by atoms with van der Waals surface area (Å²) in [6.45, 7) is 9.02. The van der Waals surface area contributed by atoms with Crippen LogP contribution in [0.5, 0.6) is 0 Å². The SMILES string of the molecule is CC1(NC(=O)OC(C)(C)C)CCN(c2nccn3c(-c4cccc(Cl)c4Cl)nnc23)CC1. The number of fused-ring (bicyclic) bond motifs is 1. The summed E-state index contributed by atoms with van der Waals surface area (Å²) in [4.78, 5) is 19.0. The lowest BCUT2D eigenvalue weighted by molar-refractivity contribution is 0.0448. The van der Waals surface area contributed by atoms with Crippen molar-refractivity contribution in [3.8, 4) is 11.4 Å². The van der Waals surface area contributed by atoms with Crippen LogP contribution in [0.2, 0.25) is 10.0 Å². The van der Waals surface area contributed by atoms with Crippen LogP contribution < -0.4 is 10.2 Å². The molecule has 1 aliphatic rings. The fourth-order valence-corrected chi connectivity index (χ4v) is 4.17. The molecule has 0 saturated carbocycles.